The number of sulfonamides is 1. The van der Waals surface area contributed by atoms with E-state index in [1.54, 1.807) is 0 Å². The normalized spacial score (nSPS) is 22.5. The van der Waals surface area contributed by atoms with E-state index in [2.05, 4.69) is 4.72 Å². The molecule has 178 valence electrons. The van der Waals surface area contributed by atoms with E-state index in [1.165, 1.54) is 30.0 Å². The van der Waals surface area contributed by atoms with Crippen LogP contribution in [0, 0.1) is 22.9 Å². The summed E-state index contributed by atoms with van der Waals surface area (Å²) in [6.45, 7) is 1.58. The topological polar surface area (TPSA) is 86.7 Å². The quantitative estimate of drug-likeness (QED) is 0.663. The van der Waals surface area contributed by atoms with E-state index >= 15 is 4.39 Å². The number of hydrogen-bond acceptors (Lipinski definition) is 4. The van der Waals surface area contributed by atoms with Crippen molar-refractivity contribution in [3.05, 3.63) is 59.4 Å². The first-order chi connectivity index (χ1) is 15.4. The lowest BCUT2D eigenvalue weighted by Crippen LogP contribution is -2.50. The van der Waals surface area contributed by atoms with Crippen LogP contribution in [0.15, 0.2) is 36.4 Å². The van der Waals surface area contributed by atoms with E-state index in [-0.39, 0.29) is 29.7 Å². The molecule has 2 aromatic carbocycles. The molecule has 1 heterocycles. The number of amides is 1. The second kappa shape index (κ2) is 8.41. The van der Waals surface area contributed by atoms with Gasteiger partial charge in [-0.15, -0.1) is 0 Å². The van der Waals surface area contributed by atoms with Crippen molar-refractivity contribution in [3.8, 4) is 11.1 Å². The molecule has 4 rings (SSSR count). The number of carbonyl (C=O) groups is 1. The van der Waals surface area contributed by atoms with E-state index in [4.69, 9.17) is 0 Å². The molecular formula is C23H25F3N2O4S. The Morgan fingerprint density at radius 3 is 2.39 bits per heavy atom. The molecule has 3 unspecified atom stereocenters. The van der Waals surface area contributed by atoms with Gasteiger partial charge in [-0.25, -0.2) is 26.3 Å². The van der Waals surface area contributed by atoms with Gasteiger partial charge in [0, 0.05) is 29.6 Å². The number of aliphatic hydroxyl groups excluding tert-OH is 1. The molecule has 2 fully saturated rings. The Morgan fingerprint density at radius 1 is 1.21 bits per heavy atom. The van der Waals surface area contributed by atoms with Crippen LogP contribution in [-0.2, 0) is 21.2 Å². The molecule has 1 saturated carbocycles. The van der Waals surface area contributed by atoms with E-state index < -0.39 is 57.0 Å². The Bertz CT molecular complexity index is 1180. The zero-order chi connectivity index (χ0) is 24.1. The van der Waals surface area contributed by atoms with Gasteiger partial charge < -0.3 is 10.0 Å². The number of halogens is 3. The lowest BCUT2D eigenvalue weighted by molar-refractivity contribution is -0.140. The molecule has 1 saturated heterocycles. The fourth-order valence-corrected chi connectivity index (χ4v) is 5.68. The molecule has 2 N–H and O–H groups in total. The van der Waals surface area contributed by atoms with E-state index in [0.29, 0.717) is 18.9 Å². The summed E-state index contributed by atoms with van der Waals surface area (Å²) >= 11 is 0. The number of hydrogen-bond donors (Lipinski definition) is 2. The highest BCUT2D eigenvalue weighted by molar-refractivity contribution is 7.88. The number of rotatable bonds is 6. The van der Waals surface area contributed by atoms with Crippen molar-refractivity contribution >= 4 is 15.9 Å². The molecule has 0 aromatic heterocycles. The number of nitrogens with one attached hydrogen (secondary N) is 1. The average molecular weight is 483 g/mol. The number of carbonyl (C=O) groups excluding carboxylic acids is 1. The molecule has 6 nitrogen and oxygen atoms in total. The smallest absolute Gasteiger partial charge is 0.251 e. The number of benzene rings is 2. The lowest BCUT2D eigenvalue weighted by Gasteiger charge is -2.30. The van der Waals surface area contributed by atoms with Gasteiger partial charge in [0.2, 0.25) is 10.0 Å². The van der Waals surface area contributed by atoms with Crippen LogP contribution in [0.25, 0.3) is 11.1 Å². The van der Waals surface area contributed by atoms with Crippen molar-refractivity contribution in [1.29, 1.82) is 0 Å². The summed E-state index contributed by atoms with van der Waals surface area (Å²) < 4.78 is 69.7. The Labute approximate surface area is 190 Å². The molecule has 2 aromatic rings. The molecule has 3 atom stereocenters. The van der Waals surface area contributed by atoms with Crippen molar-refractivity contribution in [2.24, 2.45) is 5.41 Å². The summed E-state index contributed by atoms with van der Waals surface area (Å²) in [6, 6.07) is 5.79. The maximum atomic E-state index is 15.5. The Balaban J connectivity index is 1.74. The minimum atomic E-state index is -3.63. The van der Waals surface area contributed by atoms with Gasteiger partial charge >= 0.3 is 0 Å². The first kappa shape index (κ1) is 23.7. The fourth-order valence-electron chi connectivity index (χ4n) is 4.81. The van der Waals surface area contributed by atoms with Crippen LogP contribution in [0.1, 0.15) is 25.3 Å². The molecule has 1 aliphatic heterocycles. The van der Waals surface area contributed by atoms with Gasteiger partial charge in [-0.3, -0.25) is 4.79 Å². The Hall–Kier alpha value is -2.43. The predicted octanol–water partition coefficient (Wildman–Crippen LogP) is 2.60. The zero-order valence-electron chi connectivity index (χ0n) is 18.2. The van der Waals surface area contributed by atoms with Gasteiger partial charge in [0.1, 0.15) is 23.6 Å². The lowest BCUT2D eigenvalue weighted by atomic mass is 9.91. The molecule has 33 heavy (non-hydrogen) atoms. The molecule has 1 spiro atoms. The summed E-state index contributed by atoms with van der Waals surface area (Å²) in [5.74, 6) is -2.95. The highest BCUT2D eigenvalue weighted by Gasteiger charge is 2.61. The molecule has 1 amide bonds. The third-order valence-corrected chi connectivity index (χ3v) is 7.17. The molecule has 10 heteroatoms. The highest BCUT2D eigenvalue weighted by Crippen LogP contribution is 2.55. The van der Waals surface area contributed by atoms with Gasteiger partial charge in [-0.2, -0.15) is 0 Å². The van der Waals surface area contributed by atoms with Gasteiger partial charge in [-0.1, -0.05) is 18.2 Å². The first-order valence-electron chi connectivity index (χ1n) is 10.6. The van der Waals surface area contributed by atoms with Crippen LogP contribution in [0.2, 0.25) is 0 Å². The zero-order valence-corrected chi connectivity index (χ0v) is 19.0. The highest BCUT2D eigenvalue weighted by atomic mass is 32.2. The predicted molar refractivity (Wildman–Crippen MR) is 116 cm³/mol. The van der Waals surface area contributed by atoms with Crippen LogP contribution < -0.4 is 4.72 Å². The van der Waals surface area contributed by atoms with Crippen molar-refractivity contribution in [1.82, 2.24) is 9.62 Å². The second-order valence-corrected chi connectivity index (χ2v) is 10.9. The van der Waals surface area contributed by atoms with Gasteiger partial charge in [0.25, 0.3) is 5.91 Å². The van der Waals surface area contributed by atoms with Crippen molar-refractivity contribution < 1.29 is 31.5 Å². The van der Waals surface area contributed by atoms with Crippen molar-refractivity contribution in [2.75, 3.05) is 12.8 Å². The van der Waals surface area contributed by atoms with E-state index in [9.17, 15) is 27.1 Å². The van der Waals surface area contributed by atoms with Crippen LogP contribution in [0.5, 0.6) is 0 Å². The summed E-state index contributed by atoms with van der Waals surface area (Å²) in [5.41, 5.74) is -0.271. The Morgan fingerprint density at radius 2 is 1.85 bits per heavy atom. The average Bonchev–Trinajstić information content (AvgIpc) is 3.43. The number of aliphatic hydroxyl groups is 1. The van der Waals surface area contributed by atoms with Crippen LogP contribution in [0.3, 0.4) is 0 Å². The standard InChI is InChI=1S/C23H25F3N2O4S/c1-13(29)22(30)28-12-23(6-7-23)21(27-33(2,31)32)19(28)10-14-4-3-5-18(20(14)26)15-8-16(24)11-17(25)9-15/h3-5,8-9,11,13,19,21,27,29H,6-7,10,12H2,1-2H3. The van der Waals surface area contributed by atoms with E-state index in [1.807, 2.05) is 0 Å². The van der Waals surface area contributed by atoms with Crippen LogP contribution in [-0.4, -0.2) is 55.3 Å². The minimum Gasteiger partial charge on any atom is -0.384 e. The third-order valence-electron chi connectivity index (χ3n) is 6.49. The minimum absolute atomic E-state index is 0.00828. The van der Waals surface area contributed by atoms with Crippen LogP contribution in [0.4, 0.5) is 13.2 Å². The molecule has 0 bridgehead atoms. The fraction of sp³-hybridized carbons (Fsp3) is 0.435. The SMILES string of the molecule is CC(O)C(=O)N1CC2(CC2)C(NS(C)(=O)=O)C1Cc1cccc(-c2cc(F)cc(F)c2)c1F. The van der Waals surface area contributed by atoms with Crippen molar-refractivity contribution in [3.63, 3.8) is 0 Å². The first-order valence-corrected chi connectivity index (χ1v) is 12.5. The van der Waals surface area contributed by atoms with Crippen molar-refractivity contribution in [2.45, 2.75) is 44.4 Å². The van der Waals surface area contributed by atoms with Gasteiger partial charge in [-0.05, 0) is 49.4 Å². The van der Waals surface area contributed by atoms with Crippen LogP contribution >= 0.6 is 0 Å². The maximum Gasteiger partial charge on any atom is 0.251 e. The summed E-state index contributed by atoms with van der Waals surface area (Å²) in [5, 5.41) is 9.90. The maximum absolute atomic E-state index is 15.5. The van der Waals surface area contributed by atoms with Gasteiger partial charge in [0.15, 0.2) is 0 Å². The number of nitrogens with zero attached hydrogens (tertiary/aromatic N) is 1. The summed E-state index contributed by atoms with van der Waals surface area (Å²) in [7, 11) is -3.63. The molecule has 0 radical (unpaired) electrons. The summed E-state index contributed by atoms with van der Waals surface area (Å²) in [6.07, 6.45) is 1.09. The monoisotopic (exact) mass is 482 g/mol. The molecule has 1 aliphatic carbocycles. The number of likely N-dealkylation sites (tertiary alicyclic amines) is 1. The second-order valence-electron chi connectivity index (χ2n) is 9.08. The third kappa shape index (κ3) is 4.78. The molecular weight excluding hydrogens is 457 g/mol. The Kier molecular flexibility index (Phi) is 6.05. The molecule has 2 aliphatic rings. The van der Waals surface area contributed by atoms with Gasteiger partial charge in [0.05, 0.1) is 12.3 Å². The summed E-state index contributed by atoms with van der Waals surface area (Å²) in [4.78, 5) is 14.2. The largest absolute Gasteiger partial charge is 0.384 e. The van der Waals surface area contributed by atoms with E-state index in [0.717, 1.165) is 18.4 Å².